The van der Waals surface area contributed by atoms with Crippen molar-refractivity contribution in [3.8, 4) is 23.0 Å². The number of pyridine rings is 2. The average Bonchev–Trinajstić information content (AvgIpc) is 2.82. The molecule has 0 amide bonds. The summed E-state index contributed by atoms with van der Waals surface area (Å²) in [5.41, 5.74) is 3.70. The van der Waals surface area contributed by atoms with Crippen molar-refractivity contribution in [1.82, 2.24) is 9.97 Å². The zero-order chi connectivity index (χ0) is 23.5. The first kappa shape index (κ1) is 22.2. The Morgan fingerprint density at radius 1 is 0.818 bits per heavy atom. The van der Waals surface area contributed by atoms with Crippen LogP contribution in [0.15, 0.2) is 54.6 Å². The third-order valence-electron chi connectivity index (χ3n) is 5.52. The van der Waals surface area contributed by atoms with Crippen molar-refractivity contribution in [1.29, 1.82) is 0 Å². The first-order valence-electron chi connectivity index (χ1n) is 10.5. The highest BCUT2D eigenvalue weighted by atomic mass is 16.5. The van der Waals surface area contributed by atoms with Crippen LogP contribution in [0.4, 0.5) is 5.82 Å². The number of methoxy groups -OCH3 is 3. The van der Waals surface area contributed by atoms with Gasteiger partial charge in [0, 0.05) is 22.3 Å². The van der Waals surface area contributed by atoms with E-state index in [1.165, 1.54) is 0 Å². The fraction of sp³-hybridized carbons (Fsp3) is 0.231. The van der Waals surface area contributed by atoms with Crippen LogP contribution in [0.1, 0.15) is 28.6 Å². The van der Waals surface area contributed by atoms with Crippen LogP contribution in [-0.2, 0) is 0 Å². The van der Waals surface area contributed by atoms with E-state index in [4.69, 9.17) is 14.2 Å². The second kappa shape index (κ2) is 9.24. The number of aromatic hydroxyl groups is 1. The Kier molecular flexibility index (Phi) is 6.22. The largest absolute Gasteiger partial charge is 0.505 e. The summed E-state index contributed by atoms with van der Waals surface area (Å²) in [4.78, 5) is 9.16. The molecular formula is C26H27N3O4. The molecule has 0 aliphatic carbocycles. The molecule has 2 N–H and O–H groups in total. The molecule has 0 bridgehead atoms. The summed E-state index contributed by atoms with van der Waals surface area (Å²) in [5.74, 6) is 2.31. The Balaban J connectivity index is 1.93. The molecule has 4 rings (SSSR count). The number of hydrogen-bond acceptors (Lipinski definition) is 7. The van der Waals surface area contributed by atoms with Crippen LogP contribution in [0, 0.1) is 13.8 Å². The van der Waals surface area contributed by atoms with Gasteiger partial charge >= 0.3 is 0 Å². The molecule has 0 aliphatic heterocycles. The van der Waals surface area contributed by atoms with Crippen molar-refractivity contribution >= 4 is 16.7 Å². The van der Waals surface area contributed by atoms with Crippen LogP contribution in [0.2, 0.25) is 0 Å². The Labute approximate surface area is 193 Å². The van der Waals surface area contributed by atoms with Gasteiger partial charge in [0.15, 0.2) is 11.5 Å². The molecule has 2 aromatic heterocycles. The summed E-state index contributed by atoms with van der Waals surface area (Å²) >= 11 is 0. The van der Waals surface area contributed by atoms with Crippen LogP contribution in [0.5, 0.6) is 23.0 Å². The monoisotopic (exact) mass is 445 g/mol. The number of phenols is 1. The Morgan fingerprint density at radius 2 is 1.48 bits per heavy atom. The van der Waals surface area contributed by atoms with Crippen LogP contribution in [-0.4, -0.2) is 36.4 Å². The first-order valence-corrected chi connectivity index (χ1v) is 10.5. The average molecular weight is 446 g/mol. The van der Waals surface area contributed by atoms with Gasteiger partial charge in [0.2, 0.25) is 5.75 Å². The molecule has 7 nitrogen and oxygen atoms in total. The molecule has 0 aliphatic rings. The molecule has 7 heteroatoms. The van der Waals surface area contributed by atoms with E-state index in [1.807, 2.05) is 68.4 Å². The number of aromatic nitrogens is 2. The minimum Gasteiger partial charge on any atom is -0.505 e. The smallest absolute Gasteiger partial charge is 0.203 e. The van der Waals surface area contributed by atoms with Gasteiger partial charge in [-0.2, -0.15) is 0 Å². The predicted molar refractivity (Wildman–Crippen MR) is 129 cm³/mol. The normalized spacial score (nSPS) is 11.8. The van der Waals surface area contributed by atoms with Crippen molar-refractivity contribution in [2.75, 3.05) is 26.6 Å². The summed E-state index contributed by atoms with van der Waals surface area (Å²) in [5, 5.41) is 15.6. The molecular weight excluding hydrogens is 418 g/mol. The summed E-state index contributed by atoms with van der Waals surface area (Å²) < 4.78 is 16.6. The van der Waals surface area contributed by atoms with Crippen LogP contribution < -0.4 is 19.5 Å². The van der Waals surface area contributed by atoms with Gasteiger partial charge in [0.05, 0.1) is 27.4 Å². The number of nitrogens with one attached hydrogen (secondary N) is 1. The number of phenolic OH excluding ortho intramolecular Hbond substituents is 1. The number of rotatable bonds is 7. The van der Waals surface area contributed by atoms with E-state index in [0.29, 0.717) is 34.1 Å². The van der Waals surface area contributed by atoms with Crippen molar-refractivity contribution < 1.29 is 19.3 Å². The van der Waals surface area contributed by atoms with E-state index >= 15 is 0 Å². The zero-order valence-corrected chi connectivity index (χ0v) is 19.3. The minimum absolute atomic E-state index is 0.107. The molecule has 1 atom stereocenters. The zero-order valence-electron chi connectivity index (χ0n) is 19.3. The lowest BCUT2D eigenvalue weighted by molar-refractivity contribution is 0.323. The number of anilines is 1. The van der Waals surface area contributed by atoms with E-state index in [1.54, 1.807) is 21.3 Å². The summed E-state index contributed by atoms with van der Waals surface area (Å²) in [6, 6.07) is 16.7. The quantitative estimate of drug-likeness (QED) is 0.405. The van der Waals surface area contributed by atoms with Crippen molar-refractivity contribution in [3.05, 3.63) is 77.1 Å². The second-order valence-corrected chi connectivity index (χ2v) is 7.73. The number of fused-ring (bicyclic) bond motifs is 1. The molecule has 170 valence electrons. The van der Waals surface area contributed by atoms with Gasteiger partial charge in [0.25, 0.3) is 0 Å². The fourth-order valence-corrected chi connectivity index (χ4v) is 3.90. The summed E-state index contributed by atoms with van der Waals surface area (Å²) in [6.07, 6.45) is 0. The topological polar surface area (TPSA) is 85.7 Å². The van der Waals surface area contributed by atoms with Gasteiger partial charge in [-0.15, -0.1) is 0 Å². The Morgan fingerprint density at radius 3 is 2.12 bits per heavy atom. The summed E-state index contributed by atoms with van der Waals surface area (Å²) in [7, 11) is 4.72. The third-order valence-corrected chi connectivity index (χ3v) is 5.52. The van der Waals surface area contributed by atoms with Crippen LogP contribution in [0.3, 0.4) is 0 Å². The highest BCUT2D eigenvalue weighted by molar-refractivity contribution is 5.86. The van der Waals surface area contributed by atoms with Crippen molar-refractivity contribution in [2.24, 2.45) is 0 Å². The molecule has 0 fully saturated rings. The summed E-state index contributed by atoms with van der Waals surface area (Å²) in [6.45, 7) is 3.83. The van der Waals surface area contributed by atoms with Gasteiger partial charge in [0.1, 0.15) is 17.1 Å². The lowest BCUT2D eigenvalue weighted by Crippen LogP contribution is -2.14. The van der Waals surface area contributed by atoms with Gasteiger partial charge in [-0.25, -0.2) is 9.97 Å². The Hall–Kier alpha value is -4.00. The number of benzene rings is 2. The van der Waals surface area contributed by atoms with E-state index in [0.717, 1.165) is 22.3 Å². The van der Waals surface area contributed by atoms with E-state index < -0.39 is 6.04 Å². The SMILES string of the molecule is COc1cc([C@@H](Nc2cccc(C)n2)c2ccc3ccc(C)nc3c2O)cc(OC)c1OC. The lowest BCUT2D eigenvalue weighted by Gasteiger charge is -2.24. The molecule has 0 unspecified atom stereocenters. The first-order chi connectivity index (χ1) is 15.9. The van der Waals surface area contributed by atoms with Gasteiger partial charge in [-0.05, 0) is 49.7 Å². The van der Waals surface area contributed by atoms with E-state index in [9.17, 15) is 5.11 Å². The third kappa shape index (κ3) is 4.35. The van der Waals surface area contributed by atoms with E-state index in [2.05, 4.69) is 15.3 Å². The van der Waals surface area contributed by atoms with Crippen LogP contribution in [0.25, 0.3) is 10.9 Å². The highest BCUT2D eigenvalue weighted by Gasteiger charge is 2.24. The fourth-order valence-electron chi connectivity index (χ4n) is 3.90. The maximum atomic E-state index is 11.3. The molecule has 0 radical (unpaired) electrons. The van der Waals surface area contributed by atoms with Crippen LogP contribution >= 0.6 is 0 Å². The van der Waals surface area contributed by atoms with Crippen molar-refractivity contribution in [2.45, 2.75) is 19.9 Å². The van der Waals surface area contributed by atoms with Crippen molar-refractivity contribution in [3.63, 3.8) is 0 Å². The standard InChI is InChI=1S/C26H27N3O4/c1-15-7-6-8-22(27-15)29-23(18-13-20(31-3)26(33-5)21(14-18)32-4)19-12-11-17-10-9-16(2)28-24(17)25(19)30/h6-14,23,30H,1-5H3,(H,27,29)/t23-/m1/s1. The maximum absolute atomic E-state index is 11.3. The molecule has 2 aromatic carbocycles. The number of aryl methyl sites for hydroxylation is 2. The predicted octanol–water partition coefficient (Wildman–Crippen LogP) is 5.18. The van der Waals surface area contributed by atoms with Gasteiger partial charge in [-0.1, -0.05) is 24.3 Å². The van der Waals surface area contributed by atoms with Gasteiger partial charge < -0.3 is 24.6 Å². The van der Waals surface area contributed by atoms with Gasteiger partial charge in [-0.3, -0.25) is 0 Å². The molecule has 33 heavy (non-hydrogen) atoms. The van der Waals surface area contributed by atoms with E-state index in [-0.39, 0.29) is 5.75 Å². The number of hydrogen-bond donors (Lipinski definition) is 2. The lowest BCUT2D eigenvalue weighted by atomic mass is 9.95. The number of nitrogens with zero attached hydrogens (tertiary/aromatic N) is 2. The molecule has 0 spiro atoms. The molecule has 0 saturated carbocycles. The second-order valence-electron chi connectivity index (χ2n) is 7.73. The molecule has 4 aromatic rings. The molecule has 0 saturated heterocycles. The number of ether oxygens (including phenoxy) is 3. The minimum atomic E-state index is -0.472. The molecule has 2 heterocycles. The Bertz CT molecular complexity index is 1280. The maximum Gasteiger partial charge on any atom is 0.203 e. The highest BCUT2D eigenvalue weighted by Crippen LogP contribution is 2.43.